The van der Waals surface area contributed by atoms with Gasteiger partial charge in [-0.1, -0.05) is 37.3 Å². The standard InChI is InChI=1S/C18H27N3O2/c1-13(17(19)16-6-4-3-5-7-16)18(23)20-12-15-8-10-21(11-9-15)14(2)22/h3-7,13,15,17H,8-12,19H2,1-2H3,(H,20,23). The lowest BCUT2D eigenvalue weighted by atomic mass is 9.93. The van der Waals surface area contributed by atoms with Gasteiger partial charge in [0.2, 0.25) is 11.8 Å². The van der Waals surface area contributed by atoms with Crippen LogP contribution >= 0.6 is 0 Å². The number of carbonyl (C=O) groups excluding carboxylic acids is 2. The van der Waals surface area contributed by atoms with Crippen molar-refractivity contribution < 1.29 is 9.59 Å². The zero-order chi connectivity index (χ0) is 16.8. The lowest BCUT2D eigenvalue weighted by Crippen LogP contribution is -2.42. The van der Waals surface area contributed by atoms with Crippen LogP contribution in [0.25, 0.3) is 0 Å². The van der Waals surface area contributed by atoms with Crippen LogP contribution in [-0.2, 0) is 9.59 Å². The molecular formula is C18H27N3O2. The van der Waals surface area contributed by atoms with Gasteiger partial charge in [0.25, 0.3) is 0 Å². The number of carbonyl (C=O) groups is 2. The van der Waals surface area contributed by atoms with Crippen LogP contribution in [0, 0.1) is 11.8 Å². The summed E-state index contributed by atoms with van der Waals surface area (Å²) in [6, 6.07) is 9.41. The number of nitrogens with one attached hydrogen (secondary N) is 1. The van der Waals surface area contributed by atoms with E-state index in [2.05, 4.69) is 5.32 Å². The smallest absolute Gasteiger partial charge is 0.224 e. The van der Waals surface area contributed by atoms with Gasteiger partial charge in [0.15, 0.2) is 0 Å². The minimum Gasteiger partial charge on any atom is -0.356 e. The van der Waals surface area contributed by atoms with Crippen molar-refractivity contribution in [2.24, 2.45) is 17.6 Å². The summed E-state index contributed by atoms with van der Waals surface area (Å²) in [6.07, 6.45) is 1.89. The van der Waals surface area contributed by atoms with Crippen LogP contribution in [0.1, 0.15) is 38.3 Å². The molecule has 1 aromatic rings. The van der Waals surface area contributed by atoms with Gasteiger partial charge >= 0.3 is 0 Å². The first kappa shape index (κ1) is 17.5. The third-order valence-electron chi connectivity index (χ3n) is 4.76. The molecule has 1 aliphatic rings. The lowest BCUT2D eigenvalue weighted by Gasteiger charge is -2.31. The van der Waals surface area contributed by atoms with Gasteiger partial charge in [-0.2, -0.15) is 0 Å². The number of piperidine rings is 1. The van der Waals surface area contributed by atoms with E-state index in [4.69, 9.17) is 5.73 Å². The number of amides is 2. The van der Waals surface area contributed by atoms with Crippen LogP contribution in [0.2, 0.25) is 0 Å². The summed E-state index contributed by atoms with van der Waals surface area (Å²) in [5.74, 6) is 0.301. The molecule has 0 aromatic heterocycles. The van der Waals surface area contributed by atoms with Gasteiger partial charge in [-0.25, -0.2) is 0 Å². The van der Waals surface area contributed by atoms with Gasteiger partial charge in [0.1, 0.15) is 0 Å². The van der Waals surface area contributed by atoms with E-state index in [-0.39, 0.29) is 23.8 Å². The van der Waals surface area contributed by atoms with Gasteiger partial charge in [0, 0.05) is 32.6 Å². The molecule has 5 nitrogen and oxygen atoms in total. The highest BCUT2D eigenvalue weighted by molar-refractivity contribution is 5.79. The number of nitrogens with zero attached hydrogens (tertiary/aromatic N) is 1. The largest absolute Gasteiger partial charge is 0.356 e. The molecule has 1 aliphatic heterocycles. The van der Waals surface area contributed by atoms with Crippen molar-refractivity contribution in [2.45, 2.75) is 32.7 Å². The van der Waals surface area contributed by atoms with E-state index in [1.54, 1.807) is 6.92 Å². The SMILES string of the molecule is CC(=O)N1CCC(CNC(=O)C(C)C(N)c2ccccc2)CC1. The van der Waals surface area contributed by atoms with Crippen molar-refractivity contribution in [3.05, 3.63) is 35.9 Å². The fraction of sp³-hybridized carbons (Fsp3) is 0.556. The Morgan fingerprint density at radius 3 is 2.43 bits per heavy atom. The highest BCUT2D eigenvalue weighted by Gasteiger charge is 2.24. The minimum absolute atomic E-state index is 0.00431. The molecule has 0 spiro atoms. The predicted molar refractivity (Wildman–Crippen MR) is 90.5 cm³/mol. The summed E-state index contributed by atoms with van der Waals surface area (Å²) in [7, 11) is 0. The van der Waals surface area contributed by atoms with Crippen LogP contribution < -0.4 is 11.1 Å². The van der Waals surface area contributed by atoms with Gasteiger partial charge in [0.05, 0.1) is 5.92 Å². The van der Waals surface area contributed by atoms with Crippen LogP contribution in [0.15, 0.2) is 30.3 Å². The van der Waals surface area contributed by atoms with E-state index in [0.29, 0.717) is 12.5 Å². The Balaban J connectivity index is 1.77. The zero-order valence-electron chi connectivity index (χ0n) is 14.0. The molecule has 126 valence electrons. The zero-order valence-corrected chi connectivity index (χ0v) is 14.0. The molecule has 1 fully saturated rings. The molecule has 0 bridgehead atoms. The Hall–Kier alpha value is -1.88. The van der Waals surface area contributed by atoms with Crippen LogP contribution in [0.5, 0.6) is 0 Å². The first-order chi connectivity index (χ1) is 11.0. The summed E-state index contributed by atoms with van der Waals surface area (Å²) in [4.78, 5) is 25.5. The maximum absolute atomic E-state index is 12.3. The summed E-state index contributed by atoms with van der Waals surface area (Å²) < 4.78 is 0. The van der Waals surface area contributed by atoms with Crippen molar-refractivity contribution in [2.75, 3.05) is 19.6 Å². The van der Waals surface area contributed by atoms with E-state index in [1.807, 2.05) is 42.2 Å². The van der Waals surface area contributed by atoms with E-state index in [9.17, 15) is 9.59 Å². The second-order valence-corrected chi connectivity index (χ2v) is 6.42. The predicted octanol–water partition coefficient (Wildman–Crippen LogP) is 1.70. The lowest BCUT2D eigenvalue weighted by molar-refractivity contribution is -0.130. The van der Waals surface area contributed by atoms with Crippen molar-refractivity contribution in [3.8, 4) is 0 Å². The quantitative estimate of drug-likeness (QED) is 0.868. The van der Waals surface area contributed by atoms with E-state index >= 15 is 0 Å². The van der Waals surface area contributed by atoms with E-state index < -0.39 is 0 Å². The maximum Gasteiger partial charge on any atom is 0.224 e. The molecule has 2 unspecified atom stereocenters. The average Bonchev–Trinajstić information content (AvgIpc) is 2.59. The minimum atomic E-state index is -0.296. The fourth-order valence-electron chi connectivity index (χ4n) is 2.98. The van der Waals surface area contributed by atoms with Crippen LogP contribution in [-0.4, -0.2) is 36.3 Å². The number of rotatable bonds is 5. The number of likely N-dealkylation sites (tertiary alicyclic amines) is 1. The molecule has 2 rings (SSSR count). The number of benzene rings is 1. The highest BCUT2D eigenvalue weighted by Crippen LogP contribution is 2.20. The second-order valence-electron chi connectivity index (χ2n) is 6.42. The monoisotopic (exact) mass is 317 g/mol. The molecule has 0 saturated carbocycles. The van der Waals surface area contributed by atoms with Crippen LogP contribution in [0.3, 0.4) is 0 Å². The molecule has 0 aliphatic carbocycles. The van der Waals surface area contributed by atoms with E-state index in [1.165, 1.54) is 0 Å². The molecule has 5 heteroatoms. The number of nitrogens with two attached hydrogens (primary N) is 1. The Morgan fingerprint density at radius 1 is 1.26 bits per heavy atom. The third kappa shape index (κ3) is 4.79. The molecule has 2 amide bonds. The Labute approximate surface area is 138 Å². The fourth-order valence-corrected chi connectivity index (χ4v) is 2.98. The number of hydrogen-bond donors (Lipinski definition) is 2. The average molecular weight is 317 g/mol. The number of hydrogen-bond acceptors (Lipinski definition) is 3. The van der Waals surface area contributed by atoms with Crippen LogP contribution in [0.4, 0.5) is 0 Å². The molecule has 2 atom stereocenters. The van der Waals surface area contributed by atoms with Gasteiger partial charge in [-0.3, -0.25) is 9.59 Å². The molecule has 1 saturated heterocycles. The first-order valence-corrected chi connectivity index (χ1v) is 8.32. The van der Waals surface area contributed by atoms with Crippen molar-refractivity contribution in [1.29, 1.82) is 0 Å². The van der Waals surface area contributed by atoms with Crippen molar-refractivity contribution >= 4 is 11.8 Å². The Morgan fingerprint density at radius 2 is 1.87 bits per heavy atom. The Kier molecular flexibility index (Phi) is 6.16. The molecule has 3 N–H and O–H groups in total. The first-order valence-electron chi connectivity index (χ1n) is 8.32. The molecule has 0 radical (unpaired) electrons. The van der Waals surface area contributed by atoms with Crippen molar-refractivity contribution in [3.63, 3.8) is 0 Å². The van der Waals surface area contributed by atoms with Crippen molar-refractivity contribution in [1.82, 2.24) is 10.2 Å². The molecule has 23 heavy (non-hydrogen) atoms. The van der Waals surface area contributed by atoms with Gasteiger partial charge in [-0.15, -0.1) is 0 Å². The summed E-state index contributed by atoms with van der Waals surface area (Å²) in [5, 5.41) is 3.02. The normalized spacial score (nSPS) is 18.3. The second kappa shape index (κ2) is 8.11. The molecule has 1 aromatic carbocycles. The van der Waals surface area contributed by atoms with Gasteiger partial charge in [-0.05, 0) is 24.3 Å². The highest BCUT2D eigenvalue weighted by atomic mass is 16.2. The molecule has 1 heterocycles. The maximum atomic E-state index is 12.3. The third-order valence-corrected chi connectivity index (χ3v) is 4.76. The topological polar surface area (TPSA) is 75.4 Å². The summed E-state index contributed by atoms with van der Waals surface area (Å²) in [5.41, 5.74) is 7.17. The molecular weight excluding hydrogens is 290 g/mol. The Bertz CT molecular complexity index is 524. The summed E-state index contributed by atoms with van der Waals surface area (Å²) in [6.45, 7) is 5.71. The van der Waals surface area contributed by atoms with E-state index in [0.717, 1.165) is 31.5 Å². The summed E-state index contributed by atoms with van der Waals surface area (Å²) >= 11 is 0. The van der Waals surface area contributed by atoms with Gasteiger partial charge < -0.3 is 16.0 Å².